The van der Waals surface area contributed by atoms with Crippen LogP contribution in [0.5, 0.6) is 0 Å². The van der Waals surface area contributed by atoms with Gasteiger partial charge in [-0.3, -0.25) is 19.4 Å². The first-order valence-electron chi connectivity index (χ1n) is 4.98. The van der Waals surface area contributed by atoms with Gasteiger partial charge in [0.15, 0.2) is 5.16 Å². The summed E-state index contributed by atoms with van der Waals surface area (Å²) in [7, 11) is 1.52. The number of benzene rings is 1. The number of H-pyrrole nitrogens is 1. The summed E-state index contributed by atoms with van der Waals surface area (Å²) in [4.78, 5) is 26.3. The topological polar surface area (TPSA) is 93.8 Å². The first kappa shape index (κ1) is 14.1. The van der Waals surface area contributed by atoms with E-state index < -0.39 is 16.9 Å². The molecule has 0 bridgehead atoms. The van der Waals surface area contributed by atoms with Gasteiger partial charge >= 0.3 is 11.1 Å². The molecule has 0 spiro atoms. The van der Waals surface area contributed by atoms with Crippen molar-refractivity contribution in [1.29, 1.82) is 0 Å². The normalized spacial score (nSPS) is 10.7. The average Bonchev–Trinajstić information content (AvgIpc) is 2.32. The maximum Gasteiger partial charge on any atom is 0.339 e. The van der Waals surface area contributed by atoms with Crippen LogP contribution in [0.15, 0.2) is 31.8 Å². The van der Waals surface area contributed by atoms with Crippen LogP contribution in [-0.4, -0.2) is 14.8 Å². The zero-order valence-electron chi connectivity index (χ0n) is 9.61. The molecule has 0 saturated carbocycles. The number of nitrogen functional groups attached to an aromatic ring is 1. The summed E-state index contributed by atoms with van der Waals surface area (Å²) in [6.45, 7) is 0. The van der Waals surface area contributed by atoms with Gasteiger partial charge in [0.1, 0.15) is 5.82 Å². The highest BCUT2D eigenvalue weighted by Gasteiger charge is 2.11. The molecule has 0 saturated heterocycles. The summed E-state index contributed by atoms with van der Waals surface area (Å²) in [6.07, 6.45) is 0. The largest absolute Gasteiger partial charge is 0.398 e. The third-order valence-electron chi connectivity index (χ3n) is 2.20. The van der Waals surface area contributed by atoms with Gasteiger partial charge in [0.05, 0.1) is 3.57 Å². The number of halogens is 2. The first-order valence-corrected chi connectivity index (χ1v) is 6.87. The lowest BCUT2D eigenvalue weighted by atomic mass is 10.3. The molecule has 1 heterocycles. The smallest absolute Gasteiger partial charge is 0.339 e. The molecule has 0 aliphatic rings. The third-order valence-corrected chi connectivity index (χ3v) is 4.15. The lowest BCUT2D eigenvalue weighted by Gasteiger charge is -2.08. The minimum atomic E-state index is -0.898. The Kier molecular flexibility index (Phi) is 3.94. The lowest BCUT2D eigenvalue weighted by molar-refractivity contribution is 0.595. The zero-order valence-corrected chi connectivity index (χ0v) is 12.6. The molecule has 0 radical (unpaired) electrons. The molecule has 0 aliphatic carbocycles. The molecule has 0 amide bonds. The van der Waals surface area contributed by atoms with Gasteiger partial charge in [-0.15, -0.1) is 0 Å². The highest BCUT2D eigenvalue weighted by atomic mass is 127. The minimum Gasteiger partial charge on any atom is -0.398 e. The molecule has 19 heavy (non-hydrogen) atoms. The van der Waals surface area contributed by atoms with E-state index in [0.717, 1.165) is 11.8 Å². The average molecular weight is 394 g/mol. The molecular weight excluding hydrogens is 386 g/mol. The Balaban J connectivity index is 2.47. The van der Waals surface area contributed by atoms with Crippen LogP contribution in [0.1, 0.15) is 0 Å². The molecule has 0 atom stereocenters. The third kappa shape index (κ3) is 2.97. The summed E-state index contributed by atoms with van der Waals surface area (Å²) >= 11 is 2.83. The zero-order chi connectivity index (χ0) is 14.2. The second-order valence-corrected chi connectivity index (χ2v) is 5.78. The Morgan fingerprint density at radius 2 is 2.16 bits per heavy atom. The number of rotatable bonds is 2. The first-order chi connectivity index (χ1) is 8.88. The van der Waals surface area contributed by atoms with E-state index in [9.17, 15) is 14.0 Å². The Morgan fingerprint density at radius 1 is 1.47 bits per heavy atom. The Morgan fingerprint density at radius 3 is 2.84 bits per heavy atom. The number of nitrogens with zero attached hydrogens (tertiary/aromatic N) is 2. The van der Waals surface area contributed by atoms with Crippen molar-refractivity contribution in [2.75, 3.05) is 5.73 Å². The summed E-state index contributed by atoms with van der Waals surface area (Å²) in [5.74, 6) is -0.410. The fourth-order valence-electron chi connectivity index (χ4n) is 1.28. The van der Waals surface area contributed by atoms with Crippen LogP contribution in [0, 0.1) is 9.39 Å². The van der Waals surface area contributed by atoms with Crippen molar-refractivity contribution < 1.29 is 4.39 Å². The number of aryl methyl sites for hydroxylation is 1. The highest BCUT2D eigenvalue weighted by Crippen LogP contribution is 2.32. The van der Waals surface area contributed by atoms with Crippen molar-refractivity contribution in [1.82, 2.24) is 14.8 Å². The SMILES string of the molecule is Cn1[nH]c(=O)c(=O)nc1Sc1cc(F)c(I)cc1N. The van der Waals surface area contributed by atoms with Gasteiger partial charge in [0, 0.05) is 17.6 Å². The van der Waals surface area contributed by atoms with E-state index in [1.54, 1.807) is 0 Å². The number of hydrogen-bond acceptors (Lipinski definition) is 5. The van der Waals surface area contributed by atoms with E-state index >= 15 is 0 Å². The number of nitrogens with one attached hydrogen (secondary N) is 1. The number of hydrogen-bond donors (Lipinski definition) is 2. The summed E-state index contributed by atoms with van der Waals surface area (Å²) in [5, 5.41) is 2.52. The molecule has 0 aliphatic heterocycles. The van der Waals surface area contributed by atoms with Crippen LogP contribution in [-0.2, 0) is 7.05 Å². The molecule has 6 nitrogen and oxygen atoms in total. The van der Waals surface area contributed by atoms with E-state index in [2.05, 4.69) is 10.1 Å². The van der Waals surface area contributed by atoms with Gasteiger partial charge in [0.25, 0.3) is 0 Å². The standard InChI is InChI=1S/C10H8FIN4O2S/c1-16-10(14-8(17)9(18)15-16)19-7-2-4(11)5(12)3-6(7)13/h2-3H,13H2,1H3,(H,15,18). The van der Waals surface area contributed by atoms with Crippen molar-refractivity contribution >= 4 is 40.0 Å². The second kappa shape index (κ2) is 5.33. The molecular formula is C10H8FIN4O2S. The summed E-state index contributed by atoms with van der Waals surface area (Å²) in [6, 6.07) is 2.75. The van der Waals surface area contributed by atoms with E-state index in [4.69, 9.17) is 5.73 Å². The number of aromatic amines is 1. The van der Waals surface area contributed by atoms with Crippen molar-refractivity contribution in [3.63, 3.8) is 0 Å². The number of anilines is 1. The Bertz CT molecular complexity index is 758. The van der Waals surface area contributed by atoms with Gasteiger partial charge in [-0.2, -0.15) is 4.98 Å². The second-order valence-electron chi connectivity index (χ2n) is 3.61. The van der Waals surface area contributed by atoms with E-state index in [-0.39, 0.29) is 5.16 Å². The Hall–Kier alpha value is -1.36. The van der Waals surface area contributed by atoms with Gasteiger partial charge < -0.3 is 5.73 Å². The minimum absolute atomic E-state index is 0.219. The van der Waals surface area contributed by atoms with E-state index in [1.807, 2.05) is 22.6 Å². The van der Waals surface area contributed by atoms with Crippen molar-refractivity contribution in [3.8, 4) is 0 Å². The maximum atomic E-state index is 13.5. The quantitative estimate of drug-likeness (QED) is 0.450. The molecule has 2 rings (SSSR count). The van der Waals surface area contributed by atoms with Crippen LogP contribution in [0.25, 0.3) is 0 Å². The van der Waals surface area contributed by atoms with Gasteiger partial charge in [-0.1, -0.05) is 0 Å². The van der Waals surface area contributed by atoms with Crippen molar-refractivity contribution in [2.45, 2.75) is 10.1 Å². The molecule has 2 aromatic rings. The predicted octanol–water partition coefficient (Wildman–Crippen LogP) is 0.946. The van der Waals surface area contributed by atoms with Gasteiger partial charge in [-0.25, -0.2) is 4.39 Å². The molecule has 1 aromatic heterocycles. The Labute approximate surface area is 124 Å². The summed E-state index contributed by atoms with van der Waals surface area (Å²) in [5.41, 5.74) is 4.44. The van der Waals surface area contributed by atoms with Gasteiger partial charge in [-0.05, 0) is 46.5 Å². The van der Waals surface area contributed by atoms with E-state index in [1.165, 1.54) is 23.9 Å². The highest BCUT2D eigenvalue weighted by molar-refractivity contribution is 14.1. The van der Waals surface area contributed by atoms with Crippen molar-refractivity contribution in [3.05, 3.63) is 42.2 Å². The van der Waals surface area contributed by atoms with Crippen LogP contribution in [0.4, 0.5) is 10.1 Å². The molecule has 0 fully saturated rings. The maximum absolute atomic E-state index is 13.5. The molecule has 100 valence electrons. The fraction of sp³-hybridized carbons (Fsp3) is 0.100. The fourth-order valence-corrected chi connectivity index (χ4v) is 2.62. The van der Waals surface area contributed by atoms with Crippen LogP contribution < -0.4 is 16.9 Å². The molecule has 3 N–H and O–H groups in total. The molecule has 9 heteroatoms. The van der Waals surface area contributed by atoms with Gasteiger partial charge in [0.2, 0.25) is 0 Å². The number of nitrogens with two attached hydrogens (primary N) is 1. The number of aromatic nitrogens is 3. The van der Waals surface area contributed by atoms with E-state index in [0.29, 0.717) is 14.2 Å². The monoisotopic (exact) mass is 394 g/mol. The van der Waals surface area contributed by atoms with Crippen LogP contribution in [0.3, 0.4) is 0 Å². The van der Waals surface area contributed by atoms with Crippen LogP contribution in [0.2, 0.25) is 0 Å². The lowest BCUT2D eigenvalue weighted by Crippen LogP contribution is -2.33. The molecule has 0 unspecified atom stereocenters. The van der Waals surface area contributed by atoms with Crippen molar-refractivity contribution in [2.24, 2.45) is 7.05 Å². The molecule has 1 aromatic carbocycles. The van der Waals surface area contributed by atoms with Crippen LogP contribution >= 0.6 is 34.4 Å². The predicted molar refractivity (Wildman–Crippen MR) is 77.8 cm³/mol. The summed E-state index contributed by atoms with van der Waals surface area (Å²) < 4.78 is 15.2.